The van der Waals surface area contributed by atoms with E-state index in [2.05, 4.69) is 18.5 Å². The molecule has 0 aliphatic rings. The van der Waals surface area contributed by atoms with Gasteiger partial charge in [0.15, 0.2) is 0 Å². The van der Waals surface area contributed by atoms with Crippen molar-refractivity contribution >= 4 is 11.8 Å². The maximum atomic E-state index is 12.9. The lowest BCUT2D eigenvalue weighted by Crippen LogP contribution is -2.26. The summed E-state index contributed by atoms with van der Waals surface area (Å²) in [5.74, 6) is 1.02. The van der Waals surface area contributed by atoms with Crippen molar-refractivity contribution in [3.8, 4) is 0 Å². The van der Waals surface area contributed by atoms with Crippen LogP contribution in [0.5, 0.6) is 0 Å². The molecule has 16 heavy (non-hydrogen) atoms. The molecule has 0 saturated heterocycles. The third-order valence-electron chi connectivity index (χ3n) is 2.70. The number of benzene rings is 1. The first-order valence-electron chi connectivity index (χ1n) is 5.61. The molecule has 0 aliphatic heterocycles. The Morgan fingerprint density at radius 1 is 1.44 bits per heavy atom. The van der Waals surface area contributed by atoms with Crippen molar-refractivity contribution in [2.75, 3.05) is 12.0 Å². The minimum absolute atomic E-state index is 0.156. The van der Waals surface area contributed by atoms with Gasteiger partial charge in [0.1, 0.15) is 5.82 Å². The van der Waals surface area contributed by atoms with E-state index < -0.39 is 0 Å². The number of hydrogen-bond donors (Lipinski definition) is 1. The van der Waals surface area contributed by atoms with Gasteiger partial charge in [-0.3, -0.25) is 0 Å². The smallest absolute Gasteiger partial charge is 0.123 e. The molecule has 0 saturated carbocycles. The van der Waals surface area contributed by atoms with Gasteiger partial charge in [0, 0.05) is 12.6 Å². The molecule has 0 fully saturated rings. The zero-order valence-electron chi connectivity index (χ0n) is 10.2. The molecule has 0 heterocycles. The van der Waals surface area contributed by atoms with Crippen LogP contribution < -0.4 is 5.32 Å². The van der Waals surface area contributed by atoms with Crippen molar-refractivity contribution in [3.63, 3.8) is 0 Å². The Morgan fingerprint density at radius 3 is 2.81 bits per heavy atom. The average Bonchev–Trinajstić information content (AvgIpc) is 2.25. The second-order valence-electron chi connectivity index (χ2n) is 4.13. The van der Waals surface area contributed by atoms with Crippen molar-refractivity contribution in [1.29, 1.82) is 0 Å². The molecule has 0 radical (unpaired) electrons. The molecule has 1 aromatic carbocycles. The molecule has 1 nitrogen and oxygen atoms in total. The summed E-state index contributed by atoms with van der Waals surface area (Å²) < 4.78 is 12.9. The lowest BCUT2D eigenvalue weighted by molar-refractivity contribution is 0.535. The number of rotatable bonds is 6. The summed E-state index contributed by atoms with van der Waals surface area (Å²) in [7, 11) is 0. The fourth-order valence-electron chi connectivity index (χ4n) is 1.54. The van der Waals surface area contributed by atoms with E-state index in [1.165, 1.54) is 23.8 Å². The van der Waals surface area contributed by atoms with Crippen molar-refractivity contribution < 1.29 is 4.39 Å². The van der Waals surface area contributed by atoms with Crippen LogP contribution in [-0.2, 0) is 6.54 Å². The van der Waals surface area contributed by atoms with Crippen LogP contribution in [0.25, 0.3) is 0 Å². The third-order valence-corrected chi connectivity index (χ3v) is 3.34. The second-order valence-corrected chi connectivity index (χ2v) is 5.12. The summed E-state index contributed by atoms with van der Waals surface area (Å²) in [5.41, 5.74) is 2.20. The first-order valence-corrected chi connectivity index (χ1v) is 7.00. The molecule has 0 amide bonds. The average molecular weight is 241 g/mol. The summed E-state index contributed by atoms with van der Waals surface area (Å²) in [6.45, 7) is 4.96. The van der Waals surface area contributed by atoms with E-state index in [4.69, 9.17) is 0 Å². The molecule has 1 atom stereocenters. The van der Waals surface area contributed by atoms with Gasteiger partial charge in [-0.05, 0) is 55.5 Å². The Balaban J connectivity index is 2.42. The van der Waals surface area contributed by atoms with E-state index >= 15 is 0 Å². The summed E-state index contributed by atoms with van der Waals surface area (Å²) in [4.78, 5) is 0. The quantitative estimate of drug-likeness (QED) is 0.819. The number of hydrogen-bond acceptors (Lipinski definition) is 2. The first-order chi connectivity index (χ1) is 7.63. The highest BCUT2D eigenvalue weighted by Gasteiger charge is 2.03. The van der Waals surface area contributed by atoms with Gasteiger partial charge in [0.2, 0.25) is 0 Å². The normalized spacial score (nSPS) is 12.8. The number of halogens is 1. The van der Waals surface area contributed by atoms with Crippen LogP contribution in [-0.4, -0.2) is 18.1 Å². The Kier molecular flexibility index (Phi) is 5.85. The summed E-state index contributed by atoms with van der Waals surface area (Å²) in [6.07, 6.45) is 3.29. The molecule has 3 heteroatoms. The van der Waals surface area contributed by atoms with Crippen LogP contribution in [0.1, 0.15) is 24.5 Å². The standard InChI is InChI=1S/C13H20FNS/c1-10-8-13(14)5-4-12(10)9-15-11(2)6-7-16-3/h4-5,8,11,15H,6-7,9H2,1-3H3. The highest BCUT2D eigenvalue weighted by atomic mass is 32.2. The molecule has 0 aromatic heterocycles. The molecule has 1 unspecified atom stereocenters. The molecule has 1 N–H and O–H groups in total. The van der Waals surface area contributed by atoms with Crippen LogP contribution in [0.3, 0.4) is 0 Å². The SMILES string of the molecule is CSCCC(C)NCc1ccc(F)cc1C. The monoisotopic (exact) mass is 241 g/mol. The fourth-order valence-corrected chi connectivity index (χ4v) is 2.13. The van der Waals surface area contributed by atoms with Crippen molar-refractivity contribution in [3.05, 3.63) is 35.1 Å². The molecular formula is C13H20FNS. The van der Waals surface area contributed by atoms with Crippen LogP contribution in [0.15, 0.2) is 18.2 Å². The van der Waals surface area contributed by atoms with E-state index in [0.717, 1.165) is 12.1 Å². The van der Waals surface area contributed by atoms with E-state index in [9.17, 15) is 4.39 Å². The van der Waals surface area contributed by atoms with Gasteiger partial charge < -0.3 is 5.32 Å². The summed E-state index contributed by atoms with van der Waals surface area (Å²) >= 11 is 1.87. The Bertz CT molecular complexity index is 328. The van der Waals surface area contributed by atoms with E-state index in [1.807, 2.05) is 24.8 Å². The summed E-state index contributed by atoms with van der Waals surface area (Å²) in [5, 5.41) is 3.46. The largest absolute Gasteiger partial charge is 0.310 e. The first kappa shape index (κ1) is 13.5. The van der Waals surface area contributed by atoms with E-state index in [1.54, 1.807) is 6.07 Å². The zero-order chi connectivity index (χ0) is 12.0. The molecule has 0 spiro atoms. The third kappa shape index (κ3) is 4.54. The van der Waals surface area contributed by atoms with Crippen LogP contribution in [0.4, 0.5) is 4.39 Å². The molecule has 1 rings (SSSR count). The predicted octanol–water partition coefficient (Wildman–Crippen LogP) is 3.37. The van der Waals surface area contributed by atoms with Crippen molar-refractivity contribution in [2.24, 2.45) is 0 Å². The van der Waals surface area contributed by atoms with E-state index in [-0.39, 0.29) is 5.82 Å². The minimum Gasteiger partial charge on any atom is -0.310 e. The van der Waals surface area contributed by atoms with Crippen molar-refractivity contribution in [1.82, 2.24) is 5.32 Å². The van der Waals surface area contributed by atoms with Gasteiger partial charge in [0.05, 0.1) is 0 Å². The fraction of sp³-hybridized carbons (Fsp3) is 0.538. The van der Waals surface area contributed by atoms with Gasteiger partial charge in [-0.2, -0.15) is 11.8 Å². The van der Waals surface area contributed by atoms with Gasteiger partial charge in [0.25, 0.3) is 0 Å². The highest BCUT2D eigenvalue weighted by Crippen LogP contribution is 2.10. The lowest BCUT2D eigenvalue weighted by Gasteiger charge is -2.14. The molecule has 0 bridgehead atoms. The Morgan fingerprint density at radius 2 is 2.19 bits per heavy atom. The lowest BCUT2D eigenvalue weighted by atomic mass is 10.1. The summed E-state index contributed by atoms with van der Waals surface area (Å²) in [6, 6.07) is 5.48. The van der Waals surface area contributed by atoms with Crippen molar-refractivity contribution in [2.45, 2.75) is 32.9 Å². The zero-order valence-corrected chi connectivity index (χ0v) is 11.0. The number of aryl methyl sites for hydroxylation is 1. The van der Waals surface area contributed by atoms with Gasteiger partial charge >= 0.3 is 0 Å². The maximum absolute atomic E-state index is 12.9. The van der Waals surface area contributed by atoms with Crippen LogP contribution >= 0.6 is 11.8 Å². The van der Waals surface area contributed by atoms with Gasteiger partial charge in [-0.15, -0.1) is 0 Å². The van der Waals surface area contributed by atoms with Crippen LogP contribution in [0, 0.1) is 12.7 Å². The second kappa shape index (κ2) is 6.92. The van der Waals surface area contributed by atoms with Gasteiger partial charge in [-0.25, -0.2) is 4.39 Å². The number of thioether (sulfide) groups is 1. The number of nitrogens with one attached hydrogen (secondary N) is 1. The molecule has 1 aromatic rings. The van der Waals surface area contributed by atoms with E-state index in [0.29, 0.717) is 6.04 Å². The Labute approximate surface area is 102 Å². The Hall–Kier alpha value is -0.540. The topological polar surface area (TPSA) is 12.0 Å². The molecular weight excluding hydrogens is 221 g/mol. The minimum atomic E-state index is -0.156. The maximum Gasteiger partial charge on any atom is 0.123 e. The predicted molar refractivity (Wildman–Crippen MR) is 70.4 cm³/mol. The molecule has 0 aliphatic carbocycles. The highest BCUT2D eigenvalue weighted by molar-refractivity contribution is 7.98. The molecule has 90 valence electrons. The van der Waals surface area contributed by atoms with Gasteiger partial charge in [-0.1, -0.05) is 6.07 Å². The van der Waals surface area contributed by atoms with Crippen LogP contribution in [0.2, 0.25) is 0 Å².